The molecular formula is C15H17BrN2. The van der Waals surface area contributed by atoms with Crippen molar-refractivity contribution in [2.24, 2.45) is 5.73 Å². The molecule has 0 amide bonds. The molecule has 0 heterocycles. The zero-order valence-corrected chi connectivity index (χ0v) is 11.8. The molecule has 0 unspecified atom stereocenters. The van der Waals surface area contributed by atoms with Crippen LogP contribution in [0.4, 0.5) is 5.69 Å². The van der Waals surface area contributed by atoms with Crippen LogP contribution in [0, 0.1) is 0 Å². The maximum atomic E-state index is 5.70. The van der Waals surface area contributed by atoms with Crippen LogP contribution < -0.4 is 10.6 Å². The molecule has 0 bridgehead atoms. The molecule has 2 rings (SSSR count). The first-order chi connectivity index (χ1) is 8.79. The zero-order valence-electron chi connectivity index (χ0n) is 10.2. The molecule has 0 aliphatic rings. The average Bonchev–Trinajstić information content (AvgIpc) is 2.39. The molecule has 0 radical (unpaired) electrons. The zero-order chi connectivity index (χ0) is 12.8. The SMILES string of the molecule is NCCN(Cc1cccc(Br)c1)c1ccccc1. The molecule has 2 aromatic carbocycles. The maximum Gasteiger partial charge on any atom is 0.0430 e. The summed E-state index contributed by atoms with van der Waals surface area (Å²) in [6.07, 6.45) is 0. The Balaban J connectivity index is 2.16. The molecule has 0 aliphatic carbocycles. The van der Waals surface area contributed by atoms with E-state index in [1.54, 1.807) is 0 Å². The Morgan fingerprint density at radius 2 is 1.78 bits per heavy atom. The summed E-state index contributed by atoms with van der Waals surface area (Å²) in [7, 11) is 0. The number of nitrogens with two attached hydrogens (primary N) is 1. The minimum Gasteiger partial charge on any atom is -0.366 e. The number of para-hydroxylation sites is 1. The van der Waals surface area contributed by atoms with Gasteiger partial charge in [-0.1, -0.05) is 46.3 Å². The summed E-state index contributed by atoms with van der Waals surface area (Å²) in [4.78, 5) is 2.29. The second-order valence-electron chi connectivity index (χ2n) is 4.18. The summed E-state index contributed by atoms with van der Waals surface area (Å²) < 4.78 is 1.11. The second-order valence-corrected chi connectivity index (χ2v) is 5.09. The van der Waals surface area contributed by atoms with Gasteiger partial charge in [0.2, 0.25) is 0 Å². The molecule has 2 nitrogen and oxygen atoms in total. The van der Waals surface area contributed by atoms with Crippen LogP contribution in [-0.4, -0.2) is 13.1 Å². The summed E-state index contributed by atoms with van der Waals surface area (Å²) in [6.45, 7) is 2.39. The van der Waals surface area contributed by atoms with Gasteiger partial charge in [-0.25, -0.2) is 0 Å². The lowest BCUT2D eigenvalue weighted by molar-refractivity contribution is 0.790. The summed E-state index contributed by atoms with van der Waals surface area (Å²) >= 11 is 3.50. The molecule has 2 aromatic rings. The summed E-state index contributed by atoms with van der Waals surface area (Å²) in [5.41, 5.74) is 8.19. The van der Waals surface area contributed by atoms with E-state index in [9.17, 15) is 0 Å². The van der Waals surface area contributed by atoms with Gasteiger partial charge in [-0.15, -0.1) is 0 Å². The molecule has 0 aliphatic heterocycles. The number of anilines is 1. The number of benzene rings is 2. The Morgan fingerprint density at radius 3 is 2.44 bits per heavy atom. The number of nitrogens with zero attached hydrogens (tertiary/aromatic N) is 1. The lowest BCUT2D eigenvalue weighted by Gasteiger charge is -2.24. The quantitative estimate of drug-likeness (QED) is 0.917. The number of halogens is 1. The molecule has 0 atom stereocenters. The second kappa shape index (κ2) is 6.57. The minimum absolute atomic E-state index is 0.656. The van der Waals surface area contributed by atoms with Gasteiger partial charge in [-0.2, -0.15) is 0 Å². The van der Waals surface area contributed by atoms with Crippen molar-refractivity contribution < 1.29 is 0 Å². The van der Waals surface area contributed by atoms with E-state index in [0.29, 0.717) is 6.54 Å². The van der Waals surface area contributed by atoms with Crippen molar-refractivity contribution in [1.82, 2.24) is 0 Å². The first-order valence-electron chi connectivity index (χ1n) is 6.04. The molecule has 3 heteroatoms. The lowest BCUT2D eigenvalue weighted by Crippen LogP contribution is -2.28. The van der Waals surface area contributed by atoms with Gasteiger partial charge >= 0.3 is 0 Å². The largest absolute Gasteiger partial charge is 0.366 e. The average molecular weight is 305 g/mol. The Hall–Kier alpha value is -1.32. The van der Waals surface area contributed by atoms with E-state index in [4.69, 9.17) is 5.73 Å². The third-order valence-corrected chi connectivity index (χ3v) is 3.28. The standard InChI is InChI=1S/C15H17BrN2/c16-14-6-4-5-13(11-14)12-18(10-9-17)15-7-2-1-3-8-15/h1-8,11H,9-10,12,17H2. The van der Waals surface area contributed by atoms with Crippen LogP contribution in [0.5, 0.6) is 0 Å². The predicted octanol–water partition coefficient (Wildman–Crippen LogP) is 3.41. The predicted molar refractivity (Wildman–Crippen MR) is 80.7 cm³/mol. The highest BCUT2D eigenvalue weighted by Gasteiger charge is 2.06. The molecule has 18 heavy (non-hydrogen) atoms. The van der Waals surface area contributed by atoms with Gasteiger partial charge in [0.1, 0.15) is 0 Å². The number of rotatable bonds is 5. The first kappa shape index (κ1) is 13.1. The Labute approximate surface area is 117 Å². The van der Waals surface area contributed by atoms with Crippen molar-refractivity contribution in [2.75, 3.05) is 18.0 Å². The van der Waals surface area contributed by atoms with E-state index in [1.807, 2.05) is 12.1 Å². The van der Waals surface area contributed by atoms with Gasteiger partial charge < -0.3 is 10.6 Å². The van der Waals surface area contributed by atoms with Crippen LogP contribution in [0.1, 0.15) is 5.56 Å². The highest BCUT2D eigenvalue weighted by Crippen LogP contribution is 2.18. The Bertz CT molecular complexity index is 485. The maximum absolute atomic E-state index is 5.70. The first-order valence-corrected chi connectivity index (χ1v) is 6.83. The van der Waals surface area contributed by atoms with Crippen molar-refractivity contribution in [3.8, 4) is 0 Å². The van der Waals surface area contributed by atoms with Gasteiger partial charge in [-0.3, -0.25) is 0 Å². The molecule has 2 N–H and O–H groups in total. The van der Waals surface area contributed by atoms with Crippen molar-refractivity contribution in [1.29, 1.82) is 0 Å². The molecular weight excluding hydrogens is 288 g/mol. The highest BCUT2D eigenvalue weighted by atomic mass is 79.9. The van der Waals surface area contributed by atoms with Crippen LogP contribution in [0.25, 0.3) is 0 Å². The van der Waals surface area contributed by atoms with E-state index in [0.717, 1.165) is 17.6 Å². The fourth-order valence-corrected chi connectivity index (χ4v) is 2.40. The van der Waals surface area contributed by atoms with Crippen molar-refractivity contribution >= 4 is 21.6 Å². The van der Waals surface area contributed by atoms with Gasteiger partial charge in [0.25, 0.3) is 0 Å². The van der Waals surface area contributed by atoms with Crippen LogP contribution in [-0.2, 0) is 6.54 Å². The van der Waals surface area contributed by atoms with Crippen LogP contribution in [0.3, 0.4) is 0 Å². The fraction of sp³-hybridized carbons (Fsp3) is 0.200. The third-order valence-electron chi connectivity index (χ3n) is 2.78. The van der Waals surface area contributed by atoms with Crippen LogP contribution in [0.15, 0.2) is 59.1 Å². The normalized spacial score (nSPS) is 10.3. The lowest BCUT2D eigenvalue weighted by atomic mass is 10.2. The van der Waals surface area contributed by atoms with Gasteiger partial charge in [-0.05, 0) is 29.8 Å². The van der Waals surface area contributed by atoms with E-state index >= 15 is 0 Å². The summed E-state index contributed by atoms with van der Waals surface area (Å²) in [5, 5.41) is 0. The van der Waals surface area contributed by atoms with Crippen molar-refractivity contribution in [2.45, 2.75) is 6.54 Å². The molecule has 0 saturated carbocycles. The van der Waals surface area contributed by atoms with Crippen LogP contribution in [0.2, 0.25) is 0 Å². The Kier molecular flexibility index (Phi) is 4.79. The monoisotopic (exact) mass is 304 g/mol. The third kappa shape index (κ3) is 3.59. The molecule has 0 spiro atoms. The van der Waals surface area contributed by atoms with Gasteiger partial charge in [0.05, 0.1) is 0 Å². The Morgan fingerprint density at radius 1 is 1.00 bits per heavy atom. The highest BCUT2D eigenvalue weighted by molar-refractivity contribution is 9.10. The number of hydrogen-bond acceptors (Lipinski definition) is 2. The van der Waals surface area contributed by atoms with E-state index < -0.39 is 0 Å². The minimum atomic E-state index is 0.656. The van der Waals surface area contributed by atoms with Gasteiger partial charge in [0.15, 0.2) is 0 Å². The summed E-state index contributed by atoms with van der Waals surface area (Å²) in [6, 6.07) is 18.8. The molecule has 94 valence electrons. The molecule has 0 saturated heterocycles. The van der Waals surface area contributed by atoms with Crippen molar-refractivity contribution in [3.63, 3.8) is 0 Å². The molecule has 0 aromatic heterocycles. The smallest absolute Gasteiger partial charge is 0.0430 e. The summed E-state index contributed by atoms with van der Waals surface area (Å²) in [5.74, 6) is 0. The van der Waals surface area contributed by atoms with E-state index in [-0.39, 0.29) is 0 Å². The van der Waals surface area contributed by atoms with Crippen LogP contribution >= 0.6 is 15.9 Å². The number of hydrogen-bond donors (Lipinski definition) is 1. The fourth-order valence-electron chi connectivity index (χ4n) is 1.95. The molecule has 0 fully saturated rings. The van der Waals surface area contributed by atoms with E-state index in [2.05, 4.69) is 63.3 Å². The topological polar surface area (TPSA) is 29.3 Å². The van der Waals surface area contributed by atoms with E-state index in [1.165, 1.54) is 11.3 Å². The van der Waals surface area contributed by atoms with Gasteiger partial charge in [0, 0.05) is 29.8 Å². The van der Waals surface area contributed by atoms with Crippen molar-refractivity contribution in [3.05, 3.63) is 64.6 Å².